The van der Waals surface area contributed by atoms with E-state index in [1.807, 2.05) is 56.4 Å². The van der Waals surface area contributed by atoms with Gasteiger partial charge in [0.05, 0.1) is 7.05 Å². The van der Waals surface area contributed by atoms with E-state index in [0.29, 0.717) is 18.5 Å². The van der Waals surface area contributed by atoms with Gasteiger partial charge in [-0.2, -0.15) is 0 Å². The fourth-order valence-electron chi connectivity index (χ4n) is 3.72. The van der Waals surface area contributed by atoms with Crippen LogP contribution in [0.1, 0.15) is 34.8 Å². The summed E-state index contributed by atoms with van der Waals surface area (Å²) in [4.78, 5) is 39.7. The van der Waals surface area contributed by atoms with E-state index in [9.17, 15) is 14.4 Å². The van der Waals surface area contributed by atoms with Gasteiger partial charge in [-0.3, -0.25) is 9.59 Å². The van der Waals surface area contributed by atoms with Crippen LogP contribution in [0.5, 0.6) is 0 Å². The molecule has 0 bridgehead atoms. The van der Waals surface area contributed by atoms with E-state index in [1.165, 1.54) is 4.90 Å². The molecule has 0 saturated carbocycles. The zero-order valence-electron chi connectivity index (χ0n) is 17.0. The Morgan fingerprint density at radius 3 is 2.34 bits per heavy atom. The van der Waals surface area contributed by atoms with E-state index in [-0.39, 0.29) is 24.5 Å². The summed E-state index contributed by atoms with van der Waals surface area (Å²) in [5.41, 5.74) is 1.41. The molecule has 0 aliphatic carbocycles. The van der Waals surface area contributed by atoms with Crippen molar-refractivity contribution in [3.05, 3.63) is 71.3 Å². The maximum Gasteiger partial charge on any atom is 0.329 e. The summed E-state index contributed by atoms with van der Waals surface area (Å²) in [7, 11) is 3.53. The highest BCUT2D eigenvalue weighted by Gasteiger charge is 2.52. The van der Waals surface area contributed by atoms with Crippen LogP contribution in [0.2, 0.25) is 0 Å². The molecular weight excluding hydrogens is 368 g/mol. The van der Waals surface area contributed by atoms with Gasteiger partial charge >= 0.3 is 6.03 Å². The number of amides is 4. The van der Waals surface area contributed by atoms with E-state index >= 15 is 0 Å². The zero-order valence-corrected chi connectivity index (χ0v) is 17.0. The van der Waals surface area contributed by atoms with Crippen molar-refractivity contribution in [3.8, 4) is 0 Å². The Labute approximate surface area is 170 Å². The van der Waals surface area contributed by atoms with Crippen LogP contribution in [0, 0.1) is 0 Å². The SMILES string of the molecule is CC[C@@]1(c2ccccc2)NC(=O)N(C[NH+](C)Cc2ccc(C(=O)NC)cc2)C1=O. The third-order valence-electron chi connectivity index (χ3n) is 5.35. The molecule has 1 aliphatic rings. The minimum absolute atomic E-state index is 0.131. The second-order valence-electron chi connectivity index (χ2n) is 7.36. The lowest BCUT2D eigenvalue weighted by Gasteiger charge is -2.26. The average molecular weight is 395 g/mol. The van der Waals surface area contributed by atoms with Gasteiger partial charge in [-0.15, -0.1) is 0 Å². The average Bonchev–Trinajstić information content (AvgIpc) is 2.99. The number of hydrogen-bond acceptors (Lipinski definition) is 3. The first-order chi connectivity index (χ1) is 13.9. The quantitative estimate of drug-likeness (QED) is 0.609. The summed E-state index contributed by atoms with van der Waals surface area (Å²) in [6.07, 6.45) is 0.484. The van der Waals surface area contributed by atoms with Crippen molar-refractivity contribution in [3.63, 3.8) is 0 Å². The number of carbonyl (C=O) groups excluding carboxylic acids is 3. The first-order valence-electron chi connectivity index (χ1n) is 9.73. The van der Waals surface area contributed by atoms with Crippen molar-refractivity contribution in [2.75, 3.05) is 20.8 Å². The largest absolute Gasteiger partial charge is 0.355 e. The summed E-state index contributed by atoms with van der Waals surface area (Å²) in [5.74, 6) is -0.348. The minimum atomic E-state index is -1.01. The number of carbonyl (C=O) groups is 3. The highest BCUT2D eigenvalue weighted by Crippen LogP contribution is 2.31. The smallest absolute Gasteiger partial charge is 0.329 e. The van der Waals surface area contributed by atoms with Gasteiger partial charge in [-0.05, 0) is 24.1 Å². The summed E-state index contributed by atoms with van der Waals surface area (Å²) in [5, 5.41) is 5.50. The molecule has 0 spiro atoms. The number of urea groups is 1. The molecule has 1 heterocycles. The molecule has 1 saturated heterocycles. The number of nitrogens with zero attached hydrogens (tertiary/aromatic N) is 1. The van der Waals surface area contributed by atoms with E-state index in [1.54, 1.807) is 19.2 Å². The molecule has 7 nitrogen and oxygen atoms in total. The second-order valence-corrected chi connectivity index (χ2v) is 7.36. The standard InChI is InChI=1S/C22H26N4O3/c1-4-22(18-8-6-5-7-9-18)20(28)26(21(29)24-22)15-25(3)14-16-10-12-17(13-11-16)19(27)23-2/h5-13H,4,14-15H2,1-3H3,(H,23,27)(H,24,29)/p+1/t22-/m0/s1. The van der Waals surface area contributed by atoms with E-state index < -0.39 is 5.54 Å². The number of rotatable bonds is 7. The van der Waals surface area contributed by atoms with Gasteiger partial charge in [0.25, 0.3) is 11.8 Å². The minimum Gasteiger partial charge on any atom is -0.355 e. The summed E-state index contributed by atoms with van der Waals surface area (Å²) in [6, 6.07) is 16.3. The van der Waals surface area contributed by atoms with Crippen LogP contribution in [0.4, 0.5) is 4.79 Å². The molecule has 1 aliphatic heterocycles. The van der Waals surface area contributed by atoms with E-state index in [2.05, 4.69) is 10.6 Å². The van der Waals surface area contributed by atoms with Gasteiger partial charge in [0.1, 0.15) is 12.1 Å². The van der Waals surface area contributed by atoms with Crippen LogP contribution < -0.4 is 15.5 Å². The van der Waals surface area contributed by atoms with Crippen LogP contribution in [-0.4, -0.2) is 43.5 Å². The maximum atomic E-state index is 13.2. The van der Waals surface area contributed by atoms with Crippen LogP contribution in [0.25, 0.3) is 0 Å². The first kappa shape index (κ1) is 20.5. The van der Waals surface area contributed by atoms with Gasteiger partial charge < -0.3 is 15.5 Å². The molecule has 7 heteroatoms. The molecule has 4 amide bonds. The monoisotopic (exact) mass is 395 g/mol. The van der Waals surface area contributed by atoms with Crippen molar-refractivity contribution in [2.24, 2.45) is 0 Å². The molecule has 0 radical (unpaired) electrons. The highest BCUT2D eigenvalue weighted by molar-refractivity contribution is 6.07. The first-order valence-corrected chi connectivity index (χ1v) is 9.73. The van der Waals surface area contributed by atoms with Crippen molar-refractivity contribution < 1.29 is 19.3 Å². The van der Waals surface area contributed by atoms with Gasteiger partial charge in [0.2, 0.25) is 0 Å². The van der Waals surface area contributed by atoms with E-state index in [0.717, 1.165) is 16.0 Å². The van der Waals surface area contributed by atoms with Gasteiger partial charge in [-0.1, -0.05) is 49.4 Å². The lowest BCUT2D eigenvalue weighted by atomic mass is 9.87. The third kappa shape index (κ3) is 4.00. The Morgan fingerprint density at radius 1 is 1.10 bits per heavy atom. The molecule has 3 N–H and O–H groups in total. The zero-order chi connectivity index (χ0) is 21.0. The number of imide groups is 1. The lowest BCUT2D eigenvalue weighted by Crippen LogP contribution is -3.09. The van der Waals surface area contributed by atoms with Gasteiger partial charge in [0, 0.05) is 18.2 Å². The Kier molecular flexibility index (Phi) is 5.98. The summed E-state index contributed by atoms with van der Waals surface area (Å²) in [6.45, 7) is 2.78. The summed E-state index contributed by atoms with van der Waals surface area (Å²) >= 11 is 0. The molecule has 2 aromatic carbocycles. The normalized spacial score (nSPS) is 19.8. The number of hydrogen-bond donors (Lipinski definition) is 3. The third-order valence-corrected chi connectivity index (χ3v) is 5.35. The fourth-order valence-corrected chi connectivity index (χ4v) is 3.72. The Bertz CT molecular complexity index is 898. The predicted molar refractivity (Wildman–Crippen MR) is 109 cm³/mol. The molecule has 29 heavy (non-hydrogen) atoms. The van der Waals surface area contributed by atoms with Crippen LogP contribution in [0.3, 0.4) is 0 Å². The molecule has 2 atom stereocenters. The maximum absolute atomic E-state index is 13.2. The number of nitrogens with one attached hydrogen (secondary N) is 3. The number of quaternary nitrogens is 1. The van der Waals surface area contributed by atoms with Crippen molar-refractivity contribution >= 4 is 17.8 Å². The lowest BCUT2D eigenvalue weighted by molar-refractivity contribution is -0.901. The van der Waals surface area contributed by atoms with Crippen molar-refractivity contribution in [1.29, 1.82) is 0 Å². The molecule has 0 aromatic heterocycles. The molecule has 3 rings (SSSR count). The molecule has 152 valence electrons. The van der Waals surface area contributed by atoms with E-state index in [4.69, 9.17) is 0 Å². The fraction of sp³-hybridized carbons (Fsp3) is 0.318. The number of benzene rings is 2. The molecule has 2 aromatic rings. The van der Waals surface area contributed by atoms with Gasteiger partial charge in [-0.25, -0.2) is 9.69 Å². The molecular formula is C22H27N4O3+. The molecule has 1 unspecified atom stereocenters. The van der Waals surface area contributed by atoms with Crippen molar-refractivity contribution in [1.82, 2.24) is 15.5 Å². The Hall–Kier alpha value is -3.19. The van der Waals surface area contributed by atoms with Crippen LogP contribution >= 0.6 is 0 Å². The second kappa shape index (κ2) is 8.45. The topological polar surface area (TPSA) is 82.9 Å². The van der Waals surface area contributed by atoms with Crippen LogP contribution in [-0.2, 0) is 16.9 Å². The van der Waals surface area contributed by atoms with Crippen molar-refractivity contribution in [2.45, 2.75) is 25.4 Å². The Balaban J connectivity index is 1.70. The summed E-state index contributed by atoms with van der Waals surface area (Å²) < 4.78 is 0. The Morgan fingerprint density at radius 2 is 1.76 bits per heavy atom. The van der Waals surface area contributed by atoms with Gasteiger partial charge in [0.15, 0.2) is 6.67 Å². The predicted octanol–water partition coefficient (Wildman–Crippen LogP) is 0.876. The van der Waals surface area contributed by atoms with Crippen LogP contribution in [0.15, 0.2) is 54.6 Å². The highest BCUT2D eigenvalue weighted by atomic mass is 16.2. The molecule has 1 fully saturated rings.